The normalized spacial score (nSPS) is 10.7. The zero-order valence-corrected chi connectivity index (χ0v) is 14.0. The van der Waals surface area contributed by atoms with E-state index in [0.717, 1.165) is 12.1 Å². The van der Waals surface area contributed by atoms with Gasteiger partial charge in [-0.25, -0.2) is 4.79 Å². The standard InChI is InChI=1S/C16H22N2O6/c1-4-13(5-2)17(6-7-24-3)15(19)11-8-12(16(20)21)10-14(9-11)18(22)23/h8-10,13H,4-7H2,1-3H3,(H,20,21). The topological polar surface area (TPSA) is 110 Å². The highest BCUT2D eigenvalue weighted by Crippen LogP contribution is 2.21. The minimum absolute atomic E-state index is 0.00963. The second kappa shape index (κ2) is 8.97. The molecule has 0 spiro atoms. The Morgan fingerprint density at radius 3 is 2.29 bits per heavy atom. The molecule has 0 fully saturated rings. The van der Waals surface area contributed by atoms with Gasteiger partial charge >= 0.3 is 5.97 Å². The van der Waals surface area contributed by atoms with E-state index in [2.05, 4.69) is 0 Å². The van der Waals surface area contributed by atoms with E-state index < -0.39 is 22.5 Å². The van der Waals surface area contributed by atoms with Crippen LogP contribution >= 0.6 is 0 Å². The highest BCUT2D eigenvalue weighted by Gasteiger charge is 2.25. The Hall–Kier alpha value is -2.48. The number of ether oxygens (including phenoxy) is 1. The molecule has 0 atom stereocenters. The van der Waals surface area contributed by atoms with Crippen LogP contribution in [0.4, 0.5) is 5.69 Å². The van der Waals surface area contributed by atoms with Crippen molar-refractivity contribution in [2.75, 3.05) is 20.3 Å². The molecule has 1 aromatic rings. The van der Waals surface area contributed by atoms with Crippen molar-refractivity contribution in [1.82, 2.24) is 4.90 Å². The number of nitro groups is 1. The van der Waals surface area contributed by atoms with Gasteiger partial charge in [-0.1, -0.05) is 13.8 Å². The lowest BCUT2D eigenvalue weighted by Gasteiger charge is -2.30. The number of benzene rings is 1. The maximum absolute atomic E-state index is 12.8. The van der Waals surface area contributed by atoms with Gasteiger partial charge in [-0.3, -0.25) is 14.9 Å². The van der Waals surface area contributed by atoms with E-state index in [1.54, 1.807) is 4.90 Å². The number of carboxylic acids is 1. The Labute approximate surface area is 140 Å². The van der Waals surface area contributed by atoms with Crippen molar-refractivity contribution in [3.05, 3.63) is 39.4 Å². The number of carbonyl (C=O) groups is 2. The fourth-order valence-corrected chi connectivity index (χ4v) is 2.50. The summed E-state index contributed by atoms with van der Waals surface area (Å²) in [5, 5.41) is 20.1. The predicted molar refractivity (Wildman–Crippen MR) is 87.3 cm³/mol. The Balaban J connectivity index is 3.30. The number of hydrogen-bond donors (Lipinski definition) is 1. The van der Waals surface area contributed by atoms with Crippen LogP contribution in [0.5, 0.6) is 0 Å². The molecule has 0 unspecified atom stereocenters. The lowest BCUT2D eigenvalue weighted by Crippen LogP contribution is -2.41. The van der Waals surface area contributed by atoms with Crippen LogP contribution in [0.25, 0.3) is 0 Å². The molecule has 8 heteroatoms. The molecule has 24 heavy (non-hydrogen) atoms. The smallest absolute Gasteiger partial charge is 0.335 e. The second-order valence-electron chi connectivity index (χ2n) is 5.29. The summed E-state index contributed by atoms with van der Waals surface area (Å²) in [6, 6.07) is 3.16. The molecule has 0 aliphatic heterocycles. The van der Waals surface area contributed by atoms with E-state index >= 15 is 0 Å². The van der Waals surface area contributed by atoms with E-state index in [1.165, 1.54) is 13.2 Å². The first-order chi connectivity index (χ1) is 11.3. The number of aromatic carboxylic acids is 1. The number of rotatable bonds is 9. The molecule has 0 aliphatic rings. The van der Waals surface area contributed by atoms with Gasteiger partial charge in [0.15, 0.2) is 0 Å². The van der Waals surface area contributed by atoms with Gasteiger partial charge in [0.1, 0.15) is 0 Å². The summed E-state index contributed by atoms with van der Waals surface area (Å²) >= 11 is 0. The molecule has 132 valence electrons. The quantitative estimate of drug-likeness (QED) is 0.547. The number of hydrogen-bond acceptors (Lipinski definition) is 5. The van der Waals surface area contributed by atoms with Crippen molar-refractivity contribution in [1.29, 1.82) is 0 Å². The first kappa shape index (κ1) is 19.6. The molecule has 1 rings (SSSR count). The molecule has 1 aromatic carbocycles. The monoisotopic (exact) mass is 338 g/mol. The Morgan fingerprint density at radius 2 is 1.83 bits per heavy atom. The van der Waals surface area contributed by atoms with Crippen molar-refractivity contribution in [3.8, 4) is 0 Å². The predicted octanol–water partition coefficient (Wildman–Crippen LogP) is 2.57. The fourth-order valence-electron chi connectivity index (χ4n) is 2.50. The van der Waals surface area contributed by atoms with Crippen LogP contribution in [0.2, 0.25) is 0 Å². The zero-order chi connectivity index (χ0) is 18.3. The number of amides is 1. The molecule has 0 heterocycles. The van der Waals surface area contributed by atoms with E-state index in [-0.39, 0.29) is 17.2 Å². The number of non-ortho nitro benzene ring substituents is 1. The number of nitro benzene ring substituents is 1. The third kappa shape index (κ3) is 4.76. The van der Waals surface area contributed by atoms with Crippen LogP contribution in [-0.4, -0.2) is 53.1 Å². The van der Waals surface area contributed by atoms with Crippen LogP contribution in [-0.2, 0) is 4.74 Å². The van der Waals surface area contributed by atoms with E-state index in [1.807, 2.05) is 13.8 Å². The summed E-state index contributed by atoms with van der Waals surface area (Å²) in [5.41, 5.74) is -0.720. The summed E-state index contributed by atoms with van der Waals surface area (Å²) in [4.78, 5) is 35.9. The third-order valence-electron chi connectivity index (χ3n) is 3.80. The lowest BCUT2D eigenvalue weighted by atomic mass is 10.1. The molecule has 1 N–H and O–H groups in total. The average Bonchev–Trinajstić information content (AvgIpc) is 2.57. The van der Waals surface area contributed by atoms with Crippen LogP contribution in [0.1, 0.15) is 47.4 Å². The molecule has 0 aliphatic carbocycles. The minimum Gasteiger partial charge on any atom is -0.478 e. The Kier molecular flexibility index (Phi) is 7.31. The molecule has 0 radical (unpaired) electrons. The fraction of sp³-hybridized carbons (Fsp3) is 0.500. The van der Waals surface area contributed by atoms with Gasteiger partial charge in [-0.15, -0.1) is 0 Å². The van der Waals surface area contributed by atoms with Gasteiger partial charge in [0, 0.05) is 37.4 Å². The molecule has 0 bridgehead atoms. The largest absolute Gasteiger partial charge is 0.478 e. The molecule has 0 saturated heterocycles. The SMILES string of the molecule is CCC(CC)N(CCOC)C(=O)c1cc(C(=O)O)cc([N+](=O)[O-])c1. The summed E-state index contributed by atoms with van der Waals surface area (Å²) in [7, 11) is 1.52. The number of carbonyl (C=O) groups excluding carboxylic acids is 1. The lowest BCUT2D eigenvalue weighted by molar-refractivity contribution is -0.384. The van der Waals surface area contributed by atoms with Gasteiger partial charge in [0.05, 0.1) is 17.1 Å². The van der Waals surface area contributed by atoms with Gasteiger partial charge in [0.25, 0.3) is 11.6 Å². The second-order valence-corrected chi connectivity index (χ2v) is 5.29. The highest BCUT2D eigenvalue weighted by atomic mass is 16.6. The molecule has 8 nitrogen and oxygen atoms in total. The number of nitrogens with zero attached hydrogens (tertiary/aromatic N) is 2. The summed E-state index contributed by atoms with van der Waals surface area (Å²) < 4.78 is 5.03. The Morgan fingerprint density at radius 1 is 1.25 bits per heavy atom. The maximum Gasteiger partial charge on any atom is 0.335 e. The molecular weight excluding hydrogens is 316 g/mol. The first-order valence-corrected chi connectivity index (χ1v) is 7.68. The first-order valence-electron chi connectivity index (χ1n) is 7.68. The average molecular weight is 338 g/mol. The summed E-state index contributed by atoms with van der Waals surface area (Å²) in [6.45, 7) is 4.53. The van der Waals surface area contributed by atoms with Crippen molar-refractivity contribution in [2.24, 2.45) is 0 Å². The molecule has 1 amide bonds. The van der Waals surface area contributed by atoms with Crippen molar-refractivity contribution >= 4 is 17.6 Å². The van der Waals surface area contributed by atoms with Gasteiger partial charge in [-0.2, -0.15) is 0 Å². The van der Waals surface area contributed by atoms with Gasteiger partial charge in [-0.05, 0) is 18.9 Å². The van der Waals surface area contributed by atoms with Gasteiger partial charge in [0.2, 0.25) is 0 Å². The van der Waals surface area contributed by atoms with Crippen molar-refractivity contribution in [3.63, 3.8) is 0 Å². The summed E-state index contributed by atoms with van der Waals surface area (Å²) in [6.07, 6.45) is 1.43. The van der Waals surface area contributed by atoms with Crippen LogP contribution in [0.3, 0.4) is 0 Å². The van der Waals surface area contributed by atoms with E-state index in [4.69, 9.17) is 9.84 Å². The number of methoxy groups -OCH3 is 1. The third-order valence-corrected chi connectivity index (χ3v) is 3.80. The maximum atomic E-state index is 12.8. The number of carboxylic acid groups (broad SMARTS) is 1. The van der Waals surface area contributed by atoms with Crippen LogP contribution < -0.4 is 0 Å². The molecular formula is C16H22N2O6. The Bertz CT molecular complexity index is 580. The summed E-state index contributed by atoms with van der Waals surface area (Å²) in [5.74, 6) is -1.76. The zero-order valence-electron chi connectivity index (χ0n) is 14.0. The minimum atomic E-state index is -1.32. The highest BCUT2D eigenvalue weighted by molar-refractivity contribution is 5.98. The van der Waals surface area contributed by atoms with E-state index in [0.29, 0.717) is 26.0 Å². The van der Waals surface area contributed by atoms with Crippen LogP contribution in [0.15, 0.2) is 18.2 Å². The van der Waals surface area contributed by atoms with Crippen molar-refractivity contribution < 1.29 is 24.4 Å². The van der Waals surface area contributed by atoms with Crippen molar-refractivity contribution in [2.45, 2.75) is 32.7 Å². The van der Waals surface area contributed by atoms with E-state index in [9.17, 15) is 19.7 Å². The van der Waals surface area contributed by atoms with Crippen LogP contribution in [0, 0.1) is 10.1 Å². The molecule has 0 saturated carbocycles. The van der Waals surface area contributed by atoms with Gasteiger partial charge < -0.3 is 14.7 Å². The molecule has 0 aromatic heterocycles.